The molecule has 0 amide bonds. The van der Waals surface area contributed by atoms with E-state index in [0.29, 0.717) is 17.1 Å². The maximum Gasteiger partial charge on any atom is 0.330 e. The van der Waals surface area contributed by atoms with Gasteiger partial charge in [0.2, 0.25) is 0 Å². The van der Waals surface area contributed by atoms with Crippen LogP contribution in [0.1, 0.15) is 19.4 Å². The molecule has 0 atom stereocenters. The Morgan fingerprint density at radius 3 is 2.59 bits per heavy atom. The third kappa shape index (κ3) is 3.28. The van der Waals surface area contributed by atoms with E-state index in [-0.39, 0.29) is 5.69 Å². The number of H-pyrrole nitrogens is 2. The van der Waals surface area contributed by atoms with Crippen LogP contribution in [-0.2, 0) is 5.41 Å². The van der Waals surface area contributed by atoms with Crippen molar-refractivity contribution in [3.05, 3.63) is 89.4 Å². The van der Waals surface area contributed by atoms with E-state index in [1.807, 2.05) is 68.7 Å². The number of aromatic nitrogens is 5. The van der Waals surface area contributed by atoms with Crippen LogP contribution < -0.4 is 5.69 Å². The highest BCUT2D eigenvalue weighted by molar-refractivity contribution is 5.82. The summed E-state index contributed by atoms with van der Waals surface area (Å²) in [6.45, 7) is 3.73. The lowest BCUT2D eigenvalue weighted by Crippen LogP contribution is -2.17. The van der Waals surface area contributed by atoms with Gasteiger partial charge in [-0.3, -0.25) is 9.55 Å². The molecule has 2 N–H and O–H groups in total. The van der Waals surface area contributed by atoms with E-state index in [1.54, 1.807) is 17.0 Å². The third-order valence-electron chi connectivity index (χ3n) is 5.66. The smallest absolute Gasteiger partial charge is 0.330 e. The summed E-state index contributed by atoms with van der Waals surface area (Å²) in [5.74, 6) is 0. The van der Waals surface area contributed by atoms with Gasteiger partial charge in [0.15, 0.2) is 0 Å². The standard InChI is InChI=1S/C25H20N6O/c1-25(2,15-26)19-3-5-20(6-4-19)31-22(14-30-24(31)32)21-12-16(7-9-27-21)18-11-17-8-10-28-23(17)29-13-18/h3-14H,1-2H3,(H,28,29)(H,30,32). The molecular weight excluding hydrogens is 400 g/mol. The van der Waals surface area contributed by atoms with Crippen LogP contribution in [0.3, 0.4) is 0 Å². The number of aromatic amines is 2. The highest BCUT2D eigenvalue weighted by Gasteiger charge is 2.20. The van der Waals surface area contributed by atoms with Crippen molar-refractivity contribution >= 4 is 11.0 Å². The minimum atomic E-state index is -0.602. The fourth-order valence-corrected chi connectivity index (χ4v) is 3.75. The Hall–Kier alpha value is -4.44. The van der Waals surface area contributed by atoms with Crippen molar-refractivity contribution < 1.29 is 0 Å². The maximum atomic E-state index is 12.6. The molecule has 5 rings (SSSR count). The van der Waals surface area contributed by atoms with Gasteiger partial charge in [-0.15, -0.1) is 0 Å². The molecule has 7 heteroatoms. The van der Waals surface area contributed by atoms with E-state index in [0.717, 1.165) is 27.7 Å². The van der Waals surface area contributed by atoms with Gasteiger partial charge in [-0.1, -0.05) is 12.1 Å². The van der Waals surface area contributed by atoms with Crippen LogP contribution in [0, 0.1) is 11.3 Å². The van der Waals surface area contributed by atoms with Crippen molar-refractivity contribution in [2.24, 2.45) is 0 Å². The van der Waals surface area contributed by atoms with E-state index in [4.69, 9.17) is 0 Å². The first-order chi connectivity index (χ1) is 15.5. The summed E-state index contributed by atoms with van der Waals surface area (Å²) in [6.07, 6.45) is 7.07. The number of nitriles is 1. The Balaban J connectivity index is 1.57. The van der Waals surface area contributed by atoms with Crippen LogP contribution in [0.5, 0.6) is 0 Å². The fraction of sp³-hybridized carbons (Fsp3) is 0.120. The second-order valence-electron chi connectivity index (χ2n) is 8.17. The highest BCUT2D eigenvalue weighted by atomic mass is 16.1. The largest absolute Gasteiger partial charge is 0.346 e. The average Bonchev–Trinajstić information content (AvgIpc) is 3.45. The molecule has 0 saturated heterocycles. The predicted molar refractivity (Wildman–Crippen MR) is 123 cm³/mol. The zero-order chi connectivity index (χ0) is 22.3. The molecule has 1 aromatic carbocycles. The molecule has 156 valence electrons. The van der Waals surface area contributed by atoms with Crippen molar-refractivity contribution in [2.45, 2.75) is 19.3 Å². The van der Waals surface area contributed by atoms with Crippen LogP contribution >= 0.6 is 0 Å². The zero-order valence-electron chi connectivity index (χ0n) is 17.6. The Morgan fingerprint density at radius 2 is 1.81 bits per heavy atom. The number of pyridine rings is 2. The molecule has 0 spiro atoms. The summed E-state index contributed by atoms with van der Waals surface area (Å²) in [4.78, 5) is 27.5. The van der Waals surface area contributed by atoms with Gasteiger partial charge in [0.05, 0.1) is 28.6 Å². The second kappa shape index (κ2) is 7.36. The first kappa shape index (κ1) is 19.5. The quantitative estimate of drug-likeness (QED) is 0.444. The number of nitrogens with one attached hydrogen (secondary N) is 2. The number of benzene rings is 1. The summed E-state index contributed by atoms with van der Waals surface area (Å²) in [5.41, 5.74) is 4.81. The van der Waals surface area contributed by atoms with Crippen molar-refractivity contribution in [1.29, 1.82) is 5.26 Å². The number of nitrogens with zero attached hydrogens (tertiary/aromatic N) is 4. The number of imidazole rings is 1. The molecule has 0 saturated carbocycles. The van der Waals surface area contributed by atoms with E-state index in [2.05, 4.69) is 32.1 Å². The second-order valence-corrected chi connectivity index (χ2v) is 8.17. The number of rotatable bonds is 4. The van der Waals surface area contributed by atoms with Crippen LogP contribution in [-0.4, -0.2) is 24.5 Å². The minimum Gasteiger partial charge on any atom is -0.346 e. The van der Waals surface area contributed by atoms with Crippen molar-refractivity contribution in [1.82, 2.24) is 24.5 Å². The molecule has 0 aliphatic heterocycles. The average molecular weight is 420 g/mol. The lowest BCUT2D eigenvalue weighted by Gasteiger charge is -2.16. The summed E-state index contributed by atoms with van der Waals surface area (Å²) >= 11 is 0. The Kier molecular flexibility index (Phi) is 4.49. The number of hydrogen-bond acceptors (Lipinski definition) is 4. The summed E-state index contributed by atoms with van der Waals surface area (Å²) in [7, 11) is 0. The summed E-state index contributed by atoms with van der Waals surface area (Å²) in [6, 6.07) is 17.7. The highest BCUT2D eigenvalue weighted by Crippen LogP contribution is 2.28. The van der Waals surface area contributed by atoms with E-state index >= 15 is 0 Å². The van der Waals surface area contributed by atoms with Crippen LogP contribution in [0.25, 0.3) is 39.2 Å². The van der Waals surface area contributed by atoms with Crippen molar-refractivity contribution in [3.63, 3.8) is 0 Å². The zero-order valence-corrected chi connectivity index (χ0v) is 17.6. The molecule has 0 fully saturated rings. The van der Waals surface area contributed by atoms with Gasteiger partial charge in [-0.05, 0) is 61.4 Å². The fourth-order valence-electron chi connectivity index (χ4n) is 3.75. The van der Waals surface area contributed by atoms with Crippen molar-refractivity contribution in [2.75, 3.05) is 0 Å². The SMILES string of the molecule is CC(C)(C#N)c1ccc(-n2c(-c3cc(-c4cnc5[nH]ccc5c4)ccn3)c[nH]c2=O)cc1. The third-order valence-corrected chi connectivity index (χ3v) is 5.66. The predicted octanol–water partition coefficient (Wildman–Crippen LogP) is 4.57. The van der Waals surface area contributed by atoms with Crippen molar-refractivity contribution in [3.8, 4) is 34.3 Å². The molecule has 0 unspecified atom stereocenters. The molecule has 4 aromatic heterocycles. The topological polar surface area (TPSA) is 103 Å². The molecule has 5 aromatic rings. The monoisotopic (exact) mass is 420 g/mol. The Morgan fingerprint density at radius 1 is 1.00 bits per heavy atom. The van der Waals surface area contributed by atoms with Crippen LogP contribution in [0.15, 0.2) is 78.1 Å². The summed E-state index contributed by atoms with van der Waals surface area (Å²) in [5, 5.41) is 10.4. The van der Waals surface area contributed by atoms with E-state index in [9.17, 15) is 10.1 Å². The molecule has 32 heavy (non-hydrogen) atoms. The molecule has 0 radical (unpaired) electrons. The first-order valence-electron chi connectivity index (χ1n) is 10.2. The van der Waals surface area contributed by atoms with Gasteiger partial charge in [0, 0.05) is 35.7 Å². The maximum absolute atomic E-state index is 12.6. The molecule has 4 heterocycles. The number of hydrogen-bond donors (Lipinski definition) is 2. The molecule has 0 aliphatic carbocycles. The number of fused-ring (bicyclic) bond motifs is 1. The van der Waals surface area contributed by atoms with Gasteiger partial charge >= 0.3 is 5.69 Å². The molecule has 0 bridgehead atoms. The van der Waals surface area contributed by atoms with Gasteiger partial charge < -0.3 is 9.97 Å². The van der Waals surface area contributed by atoms with Crippen LogP contribution in [0.2, 0.25) is 0 Å². The lowest BCUT2D eigenvalue weighted by molar-refractivity contribution is 0.686. The van der Waals surface area contributed by atoms with E-state index < -0.39 is 5.41 Å². The molecular formula is C25H20N6O. The van der Waals surface area contributed by atoms with Gasteiger partial charge in [0.1, 0.15) is 5.65 Å². The van der Waals surface area contributed by atoms with Gasteiger partial charge in [-0.2, -0.15) is 5.26 Å². The van der Waals surface area contributed by atoms with Gasteiger partial charge in [-0.25, -0.2) is 9.78 Å². The Labute approximate surface area is 184 Å². The first-order valence-corrected chi connectivity index (χ1v) is 10.2. The van der Waals surface area contributed by atoms with Crippen LogP contribution in [0.4, 0.5) is 0 Å². The lowest BCUT2D eigenvalue weighted by atomic mass is 9.86. The van der Waals surface area contributed by atoms with Gasteiger partial charge in [0.25, 0.3) is 0 Å². The summed E-state index contributed by atoms with van der Waals surface area (Å²) < 4.78 is 1.59. The Bertz CT molecular complexity index is 1530. The normalized spacial score (nSPS) is 11.5. The molecule has 0 aliphatic rings. The van der Waals surface area contributed by atoms with E-state index in [1.165, 1.54) is 0 Å². The minimum absolute atomic E-state index is 0.255. The molecule has 7 nitrogen and oxygen atoms in total.